The fourth-order valence-corrected chi connectivity index (χ4v) is 7.24. The van der Waals surface area contributed by atoms with E-state index in [-0.39, 0.29) is 57.0 Å². The summed E-state index contributed by atoms with van der Waals surface area (Å²) in [6.45, 7) is 7.69. The fraction of sp³-hybridized carbons (Fsp3) is 0.294. The number of aromatic nitrogens is 6. The number of benzene rings is 2. The van der Waals surface area contributed by atoms with Gasteiger partial charge in [0.25, 0.3) is 0 Å². The number of pyridine rings is 2. The van der Waals surface area contributed by atoms with E-state index < -0.39 is 21.6 Å². The number of rotatable bonds is 10. The molecule has 15 heteroatoms. The van der Waals surface area contributed by atoms with E-state index in [1.54, 1.807) is 77.2 Å². The largest absolute Gasteiger partial charge is 2.00 e. The first-order valence-electron chi connectivity index (χ1n) is 14.8. The van der Waals surface area contributed by atoms with Crippen LogP contribution in [-0.4, -0.2) is 102 Å². The van der Waals surface area contributed by atoms with Gasteiger partial charge in [0.05, 0.1) is 72.9 Å². The topological polar surface area (TPSA) is 151 Å². The molecule has 12 nitrogen and oxygen atoms in total. The van der Waals surface area contributed by atoms with Crippen LogP contribution in [0.1, 0.15) is 33.6 Å². The Bertz CT molecular complexity index is 2000. The Balaban J connectivity index is 0.000000216. The number of fused-ring (bicyclic) bond motifs is 2. The van der Waals surface area contributed by atoms with Crippen LogP contribution in [0, 0.1) is 27.7 Å². The third-order valence-corrected chi connectivity index (χ3v) is 9.92. The Morgan fingerprint density at radius 2 is 1.00 bits per heavy atom. The van der Waals surface area contributed by atoms with Crippen molar-refractivity contribution in [3.8, 4) is 23.0 Å². The van der Waals surface area contributed by atoms with E-state index >= 15 is 0 Å². The van der Waals surface area contributed by atoms with Gasteiger partial charge in [-0.1, -0.05) is 12.1 Å². The van der Waals surface area contributed by atoms with Gasteiger partial charge in [0.15, 0.2) is 0 Å². The van der Waals surface area contributed by atoms with Crippen molar-refractivity contribution in [2.24, 2.45) is 0 Å². The first-order valence-corrected chi connectivity index (χ1v) is 17.4. The molecule has 0 fully saturated rings. The Morgan fingerprint density at radius 1 is 0.612 bits per heavy atom. The zero-order valence-electron chi connectivity index (χ0n) is 28.7. The SMILES string of the molecule is COc1ccc2[n-]c(S(=O)Cc3ncc(C)c(OC)c3C)nc2c1.COc1ccc2[n-]c(S(=O)Cc3ncc(C)c(OC)c3C)nc2c1.[Sr+2]. The van der Waals surface area contributed by atoms with Gasteiger partial charge in [0.1, 0.15) is 23.0 Å². The van der Waals surface area contributed by atoms with Crippen molar-refractivity contribution < 1.29 is 27.4 Å². The number of methoxy groups -OCH3 is 4. The standard InChI is InChI=1S/2C17H18N3O3S.Sr/c2*1-10-8-18-15(11(2)16(10)23-4)9-24(21)17-19-13-6-5-12(22-3)7-14(13)20-17;/h2*5-8H,9H2,1-4H3;/q2*-1;+2. The average Bonchev–Trinajstić information content (AvgIpc) is 3.72. The van der Waals surface area contributed by atoms with Crippen LogP contribution in [0.2, 0.25) is 0 Å². The van der Waals surface area contributed by atoms with Gasteiger partial charge in [-0.2, -0.15) is 0 Å². The van der Waals surface area contributed by atoms with Crippen molar-refractivity contribution in [3.63, 3.8) is 0 Å². The molecule has 252 valence electrons. The maximum atomic E-state index is 12.6. The van der Waals surface area contributed by atoms with Gasteiger partial charge in [-0.3, -0.25) is 18.4 Å². The number of nitrogens with zero attached hydrogens (tertiary/aromatic N) is 6. The molecule has 6 aromatic rings. The van der Waals surface area contributed by atoms with Gasteiger partial charge in [-0.15, -0.1) is 0 Å². The monoisotopic (exact) mass is 776 g/mol. The number of aryl methyl sites for hydroxylation is 2. The fourth-order valence-electron chi connectivity index (χ4n) is 5.11. The summed E-state index contributed by atoms with van der Waals surface area (Å²) in [5, 5.41) is 0.609. The Labute approximate surface area is 327 Å². The summed E-state index contributed by atoms with van der Waals surface area (Å²) >= 11 is 0. The minimum Gasteiger partial charge on any atom is -0.497 e. The van der Waals surface area contributed by atoms with E-state index in [2.05, 4.69) is 29.9 Å². The molecular formula is C34H36N6O6S2Sr. The zero-order valence-corrected chi connectivity index (χ0v) is 33.8. The summed E-state index contributed by atoms with van der Waals surface area (Å²) in [6.07, 6.45) is 3.46. The van der Waals surface area contributed by atoms with Crippen LogP contribution in [0.25, 0.3) is 22.1 Å². The van der Waals surface area contributed by atoms with Gasteiger partial charge in [-0.25, -0.2) is 0 Å². The van der Waals surface area contributed by atoms with Crippen LogP contribution in [-0.2, 0) is 33.1 Å². The molecule has 49 heavy (non-hydrogen) atoms. The van der Waals surface area contributed by atoms with Crippen LogP contribution in [0.5, 0.6) is 23.0 Å². The molecule has 6 rings (SSSR count). The second kappa shape index (κ2) is 17.1. The van der Waals surface area contributed by atoms with Gasteiger partial charge < -0.3 is 38.9 Å². The maximum absolute atomic E-state index is 12.6. The summed E-state index contributed by atoms with van der Waals surface area (Å²) in [5.41, 5.74) is 7.87. The molecule has 0 N–H and O–H groups in total. The normalized spacial score (nSPS) is 12.1. The zero-order chi connectivity index (χ0) is 34.5. The number of hydrogen-bond donors (Lipinski definition) is 0. The van der Waals surface area contributed by atoms with E-state index in [0.29, 0.717) is 43.9 Å². The van der Waals surface area contributed by atoms with Crippen molar-refractivity contribution in [3.05, 3.63) is 82.4 Å². The van der Waals surface area contributed by atoms with Crippen molar-refractivity contribution >= 4 is 89.1 Å². The van der Waals surface area contributed by atoms with E-state index in [9.17, 15) is 8.42 Å². The maximum Gasteiger partial charge on any atom is 2.00 e. The van der Waals surface area contributed by atoms with E-state index in [4.69, 9.17) is 18.9 Å². The van der Waals surface area contributed by atoms with Crippen molar-refractivity contribution in [2.75, 3.05) is 28.4 Å². The van der Waals surface area contributed by atoms with Crippen LogP contribution >= 0.6 is 0 Å². The summed E-state index contributed by atoms with van der Waals surface area (Å²) in [5.74, 6) is 3.43. The number of hydrogen-bond acceptors (Lipinski definition) is 10. The Morgan fingerprint density at radius 3 is 1.35 bits per heavy atom. The molecular weight excluding hydrogens is 740 g/mol. The van der Waals surface area contributed by atoms with Gasteiger partial charge in [0, 0.05) is 45.0 Å². The van der Waals surface area contributed by atoms with Crippen LogP contribution in [0.4, 0.5) is 0 Å². The Kier molecular flexibility index (Phi) is 13.4. The average molecular weight is 776 g/mol. The van der Waals surface area contributed by atoms with Crippen molar-refractivity contribution in [2.45, 2.75) is 49.5 Å². The first kappa shape index (κ1) is 38.5. The molecule has 2 unspecified atom stereocenters. The second-order valence-electron chi connectivity index (χ2n) is 10.8. The molecule has 0 saturated heterocycles. The third-order valence-electron chi connectivity index (χ3n) is 7.67. The first-order chi connectivity index (χ1) is 23.1. The Hall–Kier alpha value is -3.34. The van der Waals surface area contributed by atoms with Crippen LogP contribution in [0.15, 0.2) is 59.1 Å². The number of imidazole rings is 2. The predicted molar refractivity (Wildman–Crippen MR) is 190 cm³/mol. The molecule has 0 saturated carbocycles. The van der Waals surface area contributed by atoms with E-state index in [0.717, 1.165) is 45.1 Å². The molecule has 2 atom stereocenters. The van der Waals surface area contributed by atoms with Crippen molar-refractivity contribution in [1.82, 2.24) is 29.9 Å². The van der Waals surface area contributed by atoms with Crippen LogP contribution < -0.4 is 28.9 Å². The summed E-state index contributed by atoms with van der Waals surface area (Å²) in [6, 6.07) is 10.8. The predicted octanol–water partition coefficient (Wildman–Crippen LogP) is 4.68. The molecule has 0 radical (unpaired) electrons. The molecule has 0 spiro atoms. The third kappa shape index (κ3) is 8.70. The molecule has 0 amide bonds. The smallest absolute Gasteiger partial charge is 0.497 e. The second-order valence-corrected chi connectivity index (χ2v) is 13.5. The summed E-state index contributed by atoms with van der Waals surface area (Å²) in [7, 11) is 3.66. The minimum atomic E-state index is -1.38. The molecule has 4 heterocycles. The van der Waals surface area contributed by atoms with Gasteiger partial charge in [-0.05, 0) is 74.0 Å². The summed E-state index contributed by atoms with van der Waals surface area (Å²) in [4.78, 5) is 26.2. The quantitative estimate of drug-likeness (QED) is 0.178. The molecule has 2 aromatic carbocycles. The minimum absolute atomic E-state index is 0. The number of ether oxygens (including phenoxy) is 4. The molecule has 0 bridgehead atoms. The van der Waals surface area contributed by atoms with Crippen molar-refractivity contribution in [1.29, 1.82) is 0 Å². The van der Waals surface area contributed by atoms with E-state index in [1.807, 2.05) is 27.7 Å². The molecule has 0 aliphatic carbocycles. The summed E-state index contributed by atoms with van der Waals surface area (Å²) < 4.78 is 46.4. The molecule has 0 aliphatic rings. The molecule has 0 aliphatic heterocycles. The van der Waals surface area contributed by atoms with Gasteiger partial charge >= 0.3 is 45.5 Å². The van der Waals surface area contributed by atoms with E-state index in [1.165, 1.54) is 0 Å². The molecule has 4 aromatic heterocycles. The van der Waals surface area contributed by atoms with Crippen LogP contribution in [0.3, 0.4) is 0 Å². The van der Waals surface area contributed by atoms with Gasteiger partial charge in [0.2, 0.25) is 0 Å².